The van der Waals surface area contributed by atoms with E-state index in [-0.39, 0.29) is 36.6 Å². The first-order chi connectivity index (χ1) is 13.3. The number of halogens is 2. The van der Waals surface area contributed by atoms with Crippen LogP contribution in [0.4, 0.5) is 8.78 Å². The monoisotopic (exact) mass is 393 g/mol. The van der Waals surface area contributed by atoms with Crippen molar-refractivity contribution in [3.8, 4) is 0 Å². The minimum absolute atomic E-state index is 0.0703. The predicted octanol–water partition coefficient (Wildman–Crippen LogP) is 1.40. The molecule has 3 unspecified atom stereocenters. The van der Waals surface area contributed by atoms with Gasteiger partial charge in [-0.05, 0) is 31.9 Å². The van der Waals surface area contributed by atoms with Gasteiger partial charge in [-0.3, -0.25) is 9.59 Å². The number of rotatable bonds is 5. The van der Waals surface area contributed by atoms with Crippen molar-refractivity contribution in [3.63, 3.8) is 0 Å². The number of benzene rings is 1. The summed E-state index contributed by atoms with van der Waals surface area (Å²) >= 11 is 0. The molecule has 2 heterocycles. The van der Waals surface area contributed by atoms with Gasteiger partial charge >= 0.3 is 0 Å². The average Bonchev–Trinajstić information content (AvgIpc) is 3.15. The van der Waals surface area contributed by atoms with Crippen LogP contribution in [0.2, 0.25) is 0 Å². The zero-order valence-electron chi connectivity index (χ0n) is 15.3. The highest BCUT2D eigenvalue weighted by Gasteiger charge is 2.44. The molecule has 1 aromatic carbocycles. The molecule has 7 nitrogen and oxygen atoms in total. The molecule has 1 saturated carbocycles. The van der Waals surface area contributed by atoms with Crippen LogP contribution in [0.15, 0.2) is 23.4 Å². The van der Waals surface area contributed by atoms with Crippen LogP contribution in [0, 0.1) is 11.6 Å². The summed E-state index contributed by atoms with van der Waals surface area (Å²) in [6.07, 6.45) is 1.85. The van der Waals surface area contributed by atoms with E-state index in [1.54, 1.807) is 6.92 Å². The Morgan fingerprint density at radius 1 is 1.14 bits per heavy atom. The predicted molar refractivity (Wildman–Crippen MR) is 94.5 cm³/mol. The highest BCUT2D eigenvalue weighted by atomic mass is 19.1. The second kappa shape index (κ2) is 7.12. The minimum atomic E-state index is -1.30. The summed E-state index contributed by atoms with van der Waals surface area (Å²) in [6.45, 7) is 1.79. The van der Waals surface area contributed by atoms with Crippen LogP contribution in [0.25, 0.3) is 0 Å². The van der Waals surface area contributed by atoms with Crippen LogP contribution in [-0.4, -0.2) is 47.9 Å². The van der Waals surface area contributed by atoms with Crippen LogP contribution in [0.3, 0.4) is 0 Å². The largest absolute Gasteiger partial charge is 0.379 e. The van der Waals surface area contributed by atoms with Gasteiger partial charge in [-0.2, -0.15) is 0 Å². The van der Waals surface area contributed by atoms with Gasteiger partial charge in [-0.1, -0.05) is 5.16 Å². The number of nitrogens with zero attached hydrogens (tertiary/aromatic N) is 1. The quantitative estimate of drug-likeness (QED) is 0.792. The molecule has 1 aliphatic carbocycles. The van der Waals surface area contributed by atoms with E-state index < -0.39 is 29.2 Å². The number of carbonyl (C=O) groups excluding carboxylic acids is 2. The molecule has 3 aliphatic rings. The first-order valence-electron chi connectivity index (χ1n) is 9.27. The lowest BCUT2D eigenvalue weighted by molar-refractivity contribution is -0.142. The van der Waals surface area contributed by atoms with Gasteiger partial charge in [0.05, 0.1) is 18.4 Å². The number of amides is 2. The average molecular weight is 393 g/mol. The van der Waals surface area contributed by atoms with Gasteiger partial charge in [-0.25, -0.2) is 8.78 Å². The number of ether oxygens (including phenoxy) is 1. The number of hydrogen-bond acceptors (Lipinski definition) is 5. The van der Waals surface area contributed by atoms with E-state index in [0.29, 0.717) is 12.1 Å². The molecule has 28 heavy (non-hydrogen) atoms. The van der Waals surface area contributed by atoms with Gasteiger partial charge in [-0.15, -0.1) is 0 Å². The molecule has 0 spiro atoms. The summed E-state index contributed by atoms with van der Waals surface area (Å²) in [5, 5.41) is 9.55. The van der Waals surface area contributed by atoms with Crippen molar-refractivity contribution in [2.45, 2.75) is 56.4 Å². The fraction of sp³-hybridized carbons (Fsp3) is 0.526. The third-order valence-corrected chi connectivity index (χ3v) is 5.09. The van der Waals surface area contributed by atoms with Crippen molar-refractivity contribution in [2.75, 3.05) is 6.61 Å². The van der Waals surface area contributed by atoms with Crippen LogP contribution < -0.4 is 10.6 Å². The number of hydrogen-bond donors (Lipinski definition) is 2. The summed E-state index contributed by atoms with van der Waals surface area (Å²) < 4.78 is 32.3. The van der Waals surface area contributed by atoms with E-state index in [0.717, 1.165) is 31.0 Å². The van der Waals surface area contributed by atoms with Crippen LogP contribution in [0.1, 0.15) is 38.2 Å². The maximum Gasteiger partial charge on any atom is 0.267 e. The van der Waals surface area contributed by atoms with E-state index in [9.17, 15) is 18.4 Å². The van der Waals surface area contributed by atoms with Crippen molar-refractivity contribution >= 4 is 17.5 Å². The van der Waals surface area contributed by atoms with Crippen molar-refractivity contribution in [1.29, 1.82) is 0 Å². The molecular weight excluding hydrogens is 372 g/mol. The van der Waals surface area contributed by atoms with Gasteiger partial charge in [0.25, 0.3) is 5.91 Å². The molecule has 0 bridgehead atoms. The van der Waals surface area contributed by atoms with Crippen molar-refractivity contribution in [2.24, 2.45) is 5.16 Å². The highest BCUT2D eigenvalue weighted by Crippen LogP contribution is 2.28. The molecule has 2 aliphatic heterocycles. The molecule has 1 aromatic rings. The van der Waals surface area contributed by atoms with E-state index in [2.05, 4.69) is 15.8 Å². The zero-order valence-corrected chi connectivity index (χ0v) is 15.3. The summed E-state index contributed by atoms with van der Waals surface area (Å²) in [5.74, 6) is -2.02. The third-order valence-electron chi connectivity index (χ3n) is 5.09. The molecule has 150 valence electrons. The Labute approximate surface area is 160 Å². The fourth-order valence-corrected chi connectivity index (χ4v) is 3.31. The van der Waals surface area contributed by atoms with E-state index in [1.165, 1.54) is 0 Å². The van der Waals surface area contributed by atoms with Crippen molar-refractivity contribution in [3.05, 3.63) is 35.4 Å². The Morgan fingerprint density at radius 3 is 2.54 bits per heavy atom. The van der Waals surface area contributed by atoms with E-state index in [1.807, 2.05) is 0 Å². The second-order valence-corrected chi connectivity index (χ2v) is 7.71. The summed E-state index contributed by atoms with van der Waals surface area (Å²) in [7, 11) is 0. The fourth-order valence-electron chi connectivity index (χ4n) is 3.31. The Bertz CT molecular complexity index is 822. The summed E-state index contributed by atoms with van der Waals surface area (Å²) in [6, 6.07) is 2.98. The number of oxime groups is 1. The van der Waals surface area contributed by atoms with Crippen molar-refractivity contribution in [1.82, 2.24) is 10.6 Å². The van der Waals surface area contributed by atoms with E-state index in [4.69, 9.17) is 9.57 Å². The lowest BCUT2D eigenvalue weighted by atomic mass is 9.94. The van der Waals surface area contributed by atoms with E-state index >= 15 is 0 Å². The maximum absolute atomic E-state index is 13.4. The van der Waals surface area contributed by atoms with Gasteiger partial charge in [0.15, 0.2) is 0 Å². The Kier molecular flexibility index (Phi) is 4.78. The third kappa shape index (κ3) is 3.99. The normalized spacial score (nSPS) is 29.2. The van der Waals surface area contributed by atoms with Gasteiger partial charge in [0.1, 0.15) is 17.7 Å². The molecule has 0 aromatic heterocycles. The first kappa shape index (κ1) is 18.8. The second-order valence-electron chi connectivity index (χ2n) is 7.71. The highest BCUT2D eigenvalue weighted by molar-refractivity contribution is 6.05. The molecular formula is C19H21F2N3O4. The molecule has 4 rings (SSSR count). The van der Waals surface area contributed by atoms with Crippen LogP contribution in [0.5, 0.6) is 0 Å². The lowest BCUT2D eigenvalue weighted by Gasteiger charge is -2.22. The van der Waals surface area contributed by atoms with Crippen LogP contribution in [-0.2, 0) is 19.2 Å². The Morgan fingerprint density at radius 2 is 1.86 bits per heavy atom. The smallest absolute Gasteiger partial charge is 0.267 e. The standard InChI is InChI=1S/C19H21F2N3O4/c1-19(8-15(24-28-19)10-4-11(20)6-12(21)5-10)18(26)23-14-7-16(27-9-14)17(25)22-13-2-3-13/h4-6,13-14,16H,2-3,7-9H2,1H3,(H,22,25)(H,23,26). The van der Waals surface area contributed by atoms with Crippen molar-refractivity contribution < 1.29 is 27.9 Å². The Hall–Kier alpha value is -2.55. The molecule has 0 radical (unpaired) electrons. The molecule has 3 atom stereocenters. The molecule has 2 N–H and O–H groups in total. The van der Waals surface area contributed by atoms with Gasteiger partial charge in [0.2, 0.25) is 11.5 Å². The zero-order chi connectivity index (χ0) is 19.9. The topological polar surface area (TPSA) is 89.0 Å². The molecule has 1 saturated heterocycles. The first-order valence-corrected chi connectivity index (χ1v) is 9.27. The number of carbonyl (C=O) groups is 2. The minimum Gasteiger partial charge on any atom is -0.379 e. The SMILES string of the molecule is CC1(C(=O)NC2COC(C(=O)NC3CC3)C2)CC(c2cc(F)cc(F)c2)=NO1. The molecule has 2 fully saturated rings. The van der Waals surface area contributed by atoms with Gasteiger partial charge in [0, 0.05) is 30.5 Å². The Balaban J connectivity index is 1.33. The molecule has 9 heteroatoms. The number of nitrogens with one attached hydrogen (secondary N) is 2. The maximum atomic E-state index is 13.4. The molecule has 2 amide bonds. The summed E-state index contributed by atoms with van der Waals surface area (Å²) in [5.41, 5.74) is -0.776. The van der Waals surface area contributed by atoms with Crippen LogP contribution >= 0.6 is 0 Å². The lowest BCUT2D eigenvalue weighted by Crippen LogP contribution is -2.49. The summed E-state index contributed by atoms with van der Waals surface area (Å²) in [4.78, 5) is 30.0. The van der Waals surface area contributed by atoms with Gasteiger partial charge < -0.3 is 20.2 Å².